The predicted octanol–water partition coefficient (Wildman–Crippen LogP) is 6.67. The highest BCUT2D eigenvalue weighted by atomic mass is 16.8. The Bertz CT molecular complexity index is 772. The molecule has 2 rings (SSSR count). The molecule has 2 aliphatic rings. The minimum atomic E-state index is -1.06. The summed E-state index contributed by atoms with van der Waals surface area (Å²) in [5.74, 6) is 1.30. The van der Waals surface area contributed by atoms with Crippen LogP contribution in [0.1, 0.15) is 122 Å². The lowest BCUT2D eigenvalue weighted by atomic mass is 9.89. The van der Waals surface area contributed by atoms with Crippen LogP contribution in [-0.2, 0) is 18.9 Å². The minimum absolute atomic E-state index is 0. The van der Waals surface area contributed by atoms with E-state index in [1.807, 2.05) is 27.7 Å². The van der Waals surface area contributed by atoms with Crippen LogP contribution in [-0.4, -0.2) is 88.7 Å². The van der Waals surface area contributed by atoms with Crippen molar-refractivity contribution in [2.75, 3.05) is 26.3 Å². The van der Waals surface area contributed by atoms with Gasteiger partial charge in [-0.3, -0.25) is 0 Å². The topological polar surface area (TPSA) is 144 Å². The van der Waals surface area contributed by atoms with Gasteiger partial charge in [0.2, 0.25) is 0 Å². The van der Waals surface area contributed by atoms with Gasteiger partial charge in [0.15, 0.2) is 0 Å². The van der Waals surface area contributed by atoms with E-state index in [-0.39, 0.29) is 26.2 Å². The summed E-state index contributed by atoms with van der Waals surface area (Å²) < 4.78 is 19.2. The third-order valence-electron chi connectivity index (χ3n) is 6.37. The Kier molecular flexibility index (Phi) is 20.0. The molecule has 2 saturated heterocycles. The van der Waals surface area contributed by atoms with Crippen LogP contribution in [0.2, 0.25) is 0 Å². The fourth-order valence-corrected chi connectivity index (χ4v) is 4.60. The molecule has 2 fully saturated rings. The summed E-state index contributed by atoms with van der Waals surface area (Å²) in [4.78, 5) is 35.8. The number of carbonyl (C=O) groups excluding carboxylic acids is 3. The van der Waals surface area contributed by atoms with Crippen LogP contribution in [0.15, 0.2) is 0 Å². The Morgan fingerprint density at radius 3 is 1.56 bits per heavy atom. The lowest BCUT2D eigenvalue weighted by Crippen LogP contribution is -2.46. The van der Waals surface area contributed by atoms with Crippen LogP contribution < -0.4 is 5.32 Å². The van der Waals surface area contributed by atoms with Gasteiger partial charge >= 0.3 is 18.4 Å². The number of amides is 1. The Morgan fingerprint density at radius 1 is 0.744 bits per heavy atom. The fourth-order valence-electron chi connectivity index (χ4n) is 4.60. The highest BCUT2D eigenvalue weighted by molar-refractivity contribution is 5.77. The molecule has 11 heteroatoms. The first-order valence-corrected chi connectivity index (χ1v) is 15.2. The largest absolute Gasteiger partial charge is 0.519 e. The number of hydrogen-bond acceptors (Lipinski definition) is 10. The maximum atomic E-state index is 11.9. The van der Waals surface area contributed by atoms with Gasteiger partial charge in [-0.25, -0.2) is 14.4 Å². The van der Waals surface area contributed by atoms with Crippen molar-refractivity contribution < 1.29 is 43.5 Å². The SMILES string of the molecule is C.CC(C)(C)OC(=O)OC(=O)OC(C)(C)C.CC1CC(CCO)CCN1.CC1CC(CCO)CCN1C(=O)OC(C)(C)C. The van der Waals surface area contributed by atoms with Crippen molar-refractivity contribution in [3.05, 3.63) is 0 Å². The third kappa shape index (κ3) is 23.0. The van der Waals surface area contributed by atoms with Gasteiger partial charge in [0.1, 0.15) is 16.8 Å². The van der Waals surface area contributed by atoms with Gasteiger partial charge in [-0.05, 0) is 133 Å². The van der Waals surface area contributed by atoms with Crippen LogP contribution in [0.4, 0.5) is 14.4 Å². The molecule has 2 aliphatic heterocycles. The Morgan fingerprint density at radius 2 is 1.19 bits per heavy atom. The van der Waals surface area contributed by atoms with Gasteiger partial charge in [0, 0.05) is 31.8 Å². The first kappa shape index (κ1) is 43.0. The zero-order valence-corrected chi connectivity index (χ0v) is 28.1. The molecule has 43 heavy (non-hydrogen) atoms. The summed E-state index contributed by atoms with van der Waals surface area (Å²) in [5, 5.41) is 21.0. The molecule has 4 unspecified atom stereocenters. The number of nitrogens with one attached hydrogen (secondary N) is 1. The van der Waals surface area contributed by atoms with E-state index in [4.69, 9.17) is 24.4 Å². The van der Waals surface area contributed by atoms with Crippen LogP contribution in [0.5, 0.6) is 0 Å². The molecule has 0 radical (unpaired) electrons. The van der Waals surface area contributed by atoms with Crippen molar-refractivity contribution in [3.8, 4) is 0 Å². The van der Waals surface area contributed by atoms with Crippen molar-refractivity contribution in [2.45, 2.75) is 151 Å². The van der Waals surface area contributed by atoms with Gasteiger partial charge in [0.05, 0.1) is 0 Å². The number of hydrogen-bond donors (Lipinski definition) is 3. The average Bonchev–Trinajstić information content (AvgIpc) is 2.76. The number of nitrogens with zero attached hydrogens (tertiary/aromatic N) is 1. The average molecular weight is 621 g/mol. The van der Waals surface area contributed by atoms with Crippen LogP contribution in [0.3, 0.4) is 0 Å². The molecule has 0 aromatic carbocycles. The third-order valence-corrected chi connectivity index (χ3v) is 6.37. The molecule has 0 saturated carbocycles. The summed E-state index contributed by atoms with van der Waals surface area (Å²) in [7, 11) is 0. The number of likely N-dealkylation sites (tertiary alicyclic amines) is 1. The number of piperidine rings is 2. The summed E-state index contributed by atoms with van der Waals surface area (Å²) >= 11 is 0. The molecule has 0 bridgehead atoms. The minimum Gasteiger partial charge on any atom is -0.444 e. The molecule has 0 aromatic heterocycles. The summed E-state index contributed by atoms with van der Waals surface area (Å²) in [6, 6.07) is 0.862. The second kappa shape index (κ2) is 20.0. The molecule has 0 aliphatic carbocycles. The highest BCUT2D eigenvalue weighted by Gasteiger charge is 2.31. The first-order chi connectivity index (χ1) is 19.2. The number of rotatable bonds is 4. The van der Waals surface area contributed by atoms with Crippen molar-refractivity contribution in [1.29, 1.82) is 0 Å². The molecule has 0 spiro atoms. The number of aliphatic hydroxyl groups is 2. The van der Waals surface area contributed by atoms with Crippen LogP contribution >= 0.6 is 0 Å². The molecule has 0 aromatic rings. The number of aliphatic hydroxyl groups excluding tert-OH is 2. The van der Waals surface area contributed by atoms with Crippen molar-refractivity contribution in [1.82, 2.24) is 10.2 Å². The number of carbonyl (C=O) groups is 3. The second-order valence-corrected chi connectivity index (χ2v) is 14.2. The summed E-state index contributed by atoms with van der Waals surface area (Å²) in [6.45, 7) is 22.4. The molecule has 256 valence electrons. The van der Waals surface area contributed by atoms with Crippen molar-refractivity contribution in [2.24, 2.45) is 11.8 Å². The standard InChI is InChI=1S/C13H25NO3.C10H18O5.C8H17NO.CH4/c1-10-9-11(6-8-15)5-7-14(10)12(16)17-13(2,3)4;1-9(2,3)14-7(11)13-8(12)15-10(4,5)6;1-7-6-8(3-5-10)2-4-9-7;/h10-11,15H,5-9H2,1-4H3;1-6H3;7-10H,2-6H2,1H3;1H4. The van der Waals surface area contributed by atoms with Gasteiger partial charge < -0.3 is 39.4 Å². The van der Waals surface area contributed by atoms with E-state index in [9.17, 15) is 14.4 Å². The van der Waals surface area contributed by atoms with E-state index in [0.717, 1.165) is 44.7 Å². The summed E-state index contributed by atoms with van der Waals surface area (Å²) in [6.07, 6.45) is 3.90. The summed E-state index contributed by atoms with van der Waals surface area (Å²) in [5.41, 5.74) is -1.82. The van der Waals surface area contributed by atoms with Crippen LogP contribution in [0, 0.1) is 11.8 Å². The molecule has 2 heterocycles. The van der Waals surface area contributed by atoms with E-state index in [0.29, 0.717) is 18.6 Å². The van der Waals surface area contributed by atoms with E-state index in [2.05, 4.69) is 17.0 Å². The maximum Gasteiger partial charge on any atom is 0.519 e. The zero-order chi connectivity index (χ0) is 32.7. The normalized spacial score (nSPS) is 22.3. The lowest BCUT2D eigenvalue weighted by molar-refractivity contribution is -0.0294. The maximum absolute atomic E-state index is 11.9. The molecular formula is C32H64N2O9. The highest BCUT2D eigenvalue weighted by Crippen LogP contribution is 2.26. The Balaban J connectivity index is 0. The van der Waals surface area contributed by atoms with E-state index in [1.165, 1.54) is 12.8 Å². The van der Waals surface area contributed by atoms with E-state index < -0.39 is 29.1 Å². The second-order valence-electron chi connectivity index (χ2n) is 14.2. The van der Waals surface area contributed by atoms with Gasteiger partial charge in [-0.1, -0.05) is 7.43 Å². The predicted molar refractivity (Wildman–Crippen MR) is 169 cm³/mol. The fraction of sp³-hybridized carbons (Fsp3) is 0.906. The number of ether oxygens (including phenoxy) is 4. The Hall–Kier alpha value is -2.11. The monoisotopic (exact) mass is 620 g/mol. The van der Waals surface area contributed by atoms with E-state index >= 15 is 0 Å². The molecule has 4 atom stereocenters. The first-order valence-electron chi connectivity index (χ1n) is 15.2. The van der Waals surface area contributed by atoms with Crippen LogP contribution in [0.25, 0.3) is 0 Å². The molecule has 3 N–H and O–H groups in total. The lowest BCUT2D eigenvalue weighted by Gasteiger charge is -2.38. The van der Waals surface area contributed by atoms with Crippen molar-refractivity contribution in [3.63, 3.8) is 0 Å². The molecule has 11 nitrogen and oxygen atoms in total. The molecular weight excluding hydrogens is 556 g/mol. The smallest absolute Gasteiger partial charge is 0.444 e. The van der Waals surface area contributed by atoms with Crippen molar-refractivity contribution >= 4 is 18.4 Å². The van der Waals surface area contributed by atoms with Gasteiger partial charge in [0.25, 0.3) is 0 Å². The zero-order valence-electron chi connectivity index (χ0n) is 28.1. The quantitative estimate of drug-likeness (QED) is 0.177. The van der Waals surface area contributed by atoms with Gasteiger partial charge in [-0.15, -0.1) is 0 Å². The molecule has 1 amide bonds. The van der Waals surface area contributed by atoms with E-state index in [1.54, 1.807) is 46.4 Å². The van der Waals surface area contributed by atoms with Gasteiger partial charge in [-0.2, -0.15) is 0 Å². The Labute approximate surface area is 261 Å².